The number of amides is 1. The zero-order valence-electron chi connectivity index (χ0n) is 22.0. The number of hydrogen-bond acceptors (Lipinski definition) is 6. The van der Waals surface area contributed by atoms with Crippen LogP contribution in [0.2, 0.25) is 0 Å². The van der Waals surface area contributed by atoms with Gasteiger partial charge in [-0.05, 0) is 91.3 Å². The molecule has 0 atom stereocenters. The maximum absolute atomic E-state index is 13.6. The molecule has 0 radical (unpaired) electrons. The summed E-state index contributed by atoms with van der Waals surface area (Å²) in [5, 5.41) is 4.58. The quantitative estimate of drug-likeness (QED) is 0.299. The third-order valence-corrected chi connectivity index (χ3v) is 7.37. The van der Waals surface area contributed by atoms with Gasteiger partial charge in [0.1, 0.15) is 12.1 Å². The number of methoxy groups -OCH3 is 2. The first-order valence-corrected chi connectivity index (χ1v) is 13.2. The molecule has 2 aliphatic rings. The van der Waals surface area contributed by atoms with E-state index in [1.54, 1.807) is 32.7 Å². The summed E-state index contributed by atoms with van der Waals surface area (Å²) in [6.07, 6.45) is 6.06. The van der Waals surface area contributed by atoms with Gasteiger partial charge in [-0.2, -0.15) is 0 Å². The van der Waals surface area contributed by atoms with E-state index in [9.17, 15) is 4.79 Å². The lowest BCUT2D eigenvalue weighted by Gasteiger charge is -2.23. The fraction of sp³-hybridized carbons (Fsp3) is 0.323. The lowest BCUT2D eigenvalue weighted by Crippen LogP contribution is -2.32. The van der Waals surface area contributed by atoms with Gasteiger partial charge in [0, 0.05) is 29.6 Å². The van der Waals surface area contributed by atoms with E-state index in [0.717, 1.165) is 51.8 Å². The summed E-state index contributed by atoms with van der Waals surface area (Å²) in [6.45, 7) is 2.67. The van der Waals surface area contributed by atoms with Crippen molar-refractivity contribution >= 4 is 22.6 Å². The molecule has 0 unspecified atom stereocenters. The van der Waals surface area contributed by atoms with Crippen molar-refractivity contribution in [2.75, 3.05) is 19.5 Å². The maximum atomic E-state index is 13.6. The molecule has 2 saturated carbocycles. The molecule has 38 heavy (non-hydrogen) atoms. The molecule has 0 aliphatic heterocycles. The number of benzene rings is 3. The average molecular weight is 509 g/mol. The zero-order chi connectivity index (χ0) is 26.2. The van der Waals surface area contributed by atoms with Gasteiger partial charge >= 0.3 is 0 Å². The van der Waals surface area contributed by atoms with E-state index in [-0.39, 0.29) is 11.9 Å². The Balaban J connectivity index is 1.30. The molecule has 2 aliphatic carbocycles. The van der Waals surface area contributed by atoms with Crippen LogP contribution in [-0.2, 0) is 6.54 Å². The van der Waals surface area contributed by atoms with Gasteiger partial charge in [-0.25, -0.2) is 9.97 Å². The van der Waals surface area contributed by atoms with Crippen molar-refractivity contribution in [2.24, 2.45) is 0 Å². The third kappa shape index (κ3) is 4.88. The van der Waals surface area contributed by atoms with E-state index in [2.05, 4.69) is 58.6 Å². The van der Waals surface area contributed by atoms with Crippen molar-refractivity contribution in [3.63, 3.8) is 0 Å². The number of carbonyl (C=O) groups is 1. The minimum Gasteiger partial charge on any atom is -0.493 e. The minimum absolute atomic E-state index is 0.00804. The Morgan fingerprint density at radius 2 is 1.79 bits per heavy atom. The van der Waals surface area contributed by atoms with Crippen LogP contribution in [-0.4, -0.2) is 47.1 Å². The van der Waals surface area contributed by atoms with Crippen molar-refractivity contribution in [1.82, 2.24) is 14.9 Å². The van der Waals surface area contributed by atoms with E-state index in [0.29, 0.717) is 29.6 Å². The highest BCUT2D eigenvalue weighted by Gasteiger charge is 2.33. The molecule has 3 aromatic carbocycles. The SMILES string of the molecule is COc1ccc(C(=O)N(Cc2cccc(-c3cc4c(NC5CC5)ncnc4cc3C)c2)C2CC2)cc1OC. The number of ether oxygens (including phenoxy) is 2. The fourth-order valence-electron chi connectivity index (χ4n) is 4.98. The van der Waals surface area contributed by atoms with Gasteiger partial charge in [-0.15, -0.1) is 0 Å². The number of hydrogen-bond donors (Lipinski definition) is 1. The van der Waals surface area contributed by atoms with Crippen molar-refractivity contribution in [3.05, 3.63) is 77.6 Å². The molecule has 7 nitrogen and oxygen atoms in total. The number of carbonyl (C=O) groups excluding carboxylic acids is 1. The Morgan fingerprint density at radius 3 is 2.53 bits per heavy atom. The first kappa shape index (κ1) is 24.2. The van der Waals surface area contributed by atoms with Gasteiger partial charge in [0.25, 0.3) is 5.91 Å². The van der Waals surface area contributed by atoms with Gasteiger partial charge < -0.3 is 19.7 Å². The van der Waals surface area contributed by atoms with Crippen molar-refractivity contribution in [2.45, 2.75) is 51.2 Å². The Kier molecular flexibility index (Phi) is 6.35. The van der Waals surface area contributed by atoms with E-state index < -0.39 is 0 Å². The highest BCUT2D eigenvalue weighted by molar-refractivity contribution is 5.96. The average Bonchev–Trinajstić information content (AvgIpc) is 3.87. The van der Waals surface area contributed by atoms with Crippen molar-refractivity contribution in [3.8, 4) is 22.6 Å². The number of nitrogens with one attached hydrogen (secondary N) is 1. The smallest absolute Gasteiger partial charge is 0.254 e. The van der Waals surface area contributed by atoms with Crippen LogP contribution in [0, 0.1) is 6.92 Å². The monoisotopic (exact) mass is 508 g/mol. The highest BCUT2D eigenvalue weighted by atomic mass is 16.5. The molecule has 1 N–H and O–H groups in total. The predicted molar refractivity (Wildman–Crippen MR) is 149 cm³/mol. The minimum atomic E-state index is 0.00804. The Bertz CT molecular complexity index is 1510. The van der Waals surface area contributed by atoms with E-state index >= 15 is 0 Å². The summed E-state index contributed by atoms with van der Waals surface area (Å²) in [7, 11) is 3.18. The summed E-state index contributed by atoms with van der Waals surface area (Å²) >= 11 is 0. The summed E-state index contributed by atoms with van der Waals surface area (Å²) in [4.78, 5) is 24.6. The topological polar surface area (TPSA) is 76.6 Å². The predicted octanol–water partition coefficient (Wildman–Crippen LogP) is 6.00. The largest absolute Gasteiger partial charge is 0.493 e. The summed E-state index contributed by atoms with van der Waals surface area (Å²) in [6, 6.07) is 19.0. The number of aryl methyl sites for hydroxylation is 1. The standard InChI is InChI=1S/C31H32N4O3/c1-19-13-27-26(30(33-18-32-27)34-23-8-9-23)16-25(19)21-6-4-5-20(14-21)17-35(24-10-11-24)31(36)22-7-12-28(37-2)29(15-22)38-3/h4-7,12-16,18,23-24H,8-11,17H2,1-3H3,(H,32,33,34). The number of nitrogens with zero attached hydrogens (tertiary/aromatic N) is 3. The van der Waals surface area contributed by atoms with Crippen LogP contribution >= 0.6 is 0 Å². The maximum Gasteiger partial charge on any atom is 0.254 e. The van der Waals surface area contributed by atoms with Gasteiger partial charge in [0.15, 0.2) is 11.5 Å². The molecular formula is C31H32N4O3. The highest BCUT2D eigenvalue weighted by Crippen LogP contribution is 2.35. The molecule has 0 bridgehead atoms. The number of anilines is 1. The van der Waals surface area contributed by atoms with Gasteiger partial charge in [-0.1, -0.05) is 18.2 Å². The Labute approximate surface area is 222 Å². The van der Waals surface area contributed by atoms with Crippen LogP contribution in [0.5, 0.6) is 11.5 Å². The second-order valence-electron chi connectivity index (χ2n) is 10.3. The molecule has 4 aromatic rings. The molecule has 7 heteroatoms. The Morgan fingerprint density at radius 1 is 0.974 bits per heavy atom. The Hall–Kier alpha value is -4.13. The van der Waals surface area contributed by atoms with Crippen LogP contribution in [0.1, 0.15) is 47.2 Å². The van der Waals surface area contributed by atoms with E-state index in [1.807, 2.05) is 11.0 Å². The fourth-order valence-corrected chi connectivity index (χ4v) is 4.98. The zero-order valence-corrected chi connectivity index (χ0v) is 22.0. The van der Waals surface area contributed by atoms with E-state index in [4.69, 9.17) is 9.47 Å². The van der Waals surface area contributed by atoms with Gasteiger partial charge in [0.2, 0.25) is 0 Å². The van der Waals surface area contributed by atoms with Gasteiger partial charge in [-0.3, -0.25) is 4.79 Å². The molecule has 1 amide bonds. The van der Waals surface area contributed by atoms with Crippen LogP contribution in [0.15, 0.2) is 60.9 Å². The third-order valence-electron chi connectivity index (χ3n) is 7.37. The lowest BCUT2D eigenvalue weighted by molar-refractivity contribution is 0.0729. The van der Waals surface area contributed by atoms with Crippen LogP contribution < -0.4 is 14.8 Å². The molecule has 0 saturated heterocycles. The first-order valence-electron chi connectivity index (χ1n) is 13.2. The molecule has 1 aromatic heterocycles. The second-order valence-corrected chi connectivity index (χ2v) is 10.3. The van der Waals surface area contributed by atoms with E-state index in [1.165, 1.54) is 12.8 Å². The van der Waals surface area contributed by atoms with Crippen LogP contribution in [0.4, 0.5) is 5.82 Å². The number of rotatable bonds is 9. The van der Waals surface area contributed by atoms with Crippen molar-refractivity contribution in [1.29, 1.82) is 0 Å². The normalized spacial score (nSPS) is 14.8. The number of aromatic nitrogens is 2. The van der Waals surface area contributed by atoms with Gasteiger partial charge in [0.05, 0.1) is 19.7 Å². The summed E-state index contributed by atoms with van der Waals surface area (Å²) in [5.74, 6) is 2.08. The molecule has 0 spiro atoms. The number of fused-ring (bicyclic) bond motifs is 1. The molecule has 194 valence electrons. The van der Waals surface area contributed by atoms with Crippen molar-refractivity contribution < 1.29 is 14.3 Å². The van der Waals surface area contributed by atoms with Crippen LogP contribution in [0.25, 0.3) is 22.0 Å². The summed E-state index contributed by atoms with van der Waals surface area (Å²) in [5.41, 5.74) is 6.08. The molecule has 6 rings (SSSR count). The molecule has 1 heterocycles. The second kappa shape index (κ2) is 9.97. The molecular weight excluding hydrogens is 476 g/mol. The summed E-state index contributed by atoms with van der Waals surface area (Å²) < 4.78 is 10.8. The molecule has 2 fully saturated rings. The van der Waals surface area contributed by atoms with Crippen LogP contribution in [0.3, 0.4) is 0 Å². The first-order chi connectivity index (χ1) is 18.5. The lowest BCUT2D eigenvalue weighted by atomic mass is 9.96.